The molecule has 0 heterocycles. The largest absolute Gasteiger partial charge is 0.478 e. The molecule has 0 amide bonds. The summed E-state index contributed by atoms with van der Waals surface area (Å²) in [5.74, 6) is -1.74. The van der Waals surface area contributed by atoms with E-state index in [9.17, 15) is 22.8 Å². The maximum absolute atomic E-state index is 12.4. The van der Waals surface area contributed by atoms with Crippen LogP contribution in [0.1, 0.15) is 81.5 Å². The molecule has 0 spiro atoms. The highest BCUT2D eigenvalue weighted by molar-refractivity contribution is 5.91. The molecule has 4 nitrogen and oxygen atoms in total. The van der Waals surface area contributed by atoms with Gasteiger partial charge < -0.3 is 9.84 Å². The van der Waals surface area contributed by atoms with Gasteiger partial charge in [0.1, 0.15) is 11.3 Å². The molecule has 0 aliphatic heterocycles. The van der Waals surface area contributed by atoms with E-state index in [1.54, 1.807) is 6.07 Å². The number of halogens is 3. The van der Waals surface area contributed by atoms with E-state index in [0.29, 0.717) is 12.8 Å². The second kappa shape index (κ2) is 12.4. The minimum atomic E-state index is -4.16. The molecule has 0 saturated heterocycles. The minimum Gasteiger partial charge on any atom is -0.478 e. The van der Waals surface area contributed by atoms with Crippen molar-refractivity contribution in [2.24, 2.45) is 5.92 Å². The number of ether oxygens (including phenoxy) is 1. The highest BCUT2D eigenvalue weighted by Gasteiger charge is 2.27. The number of hydrogen-bond donors (Lipinski definition) is 1. The van der Waals surface area contributed by atoms with Gasteiger partial charge in [0, 0.05) is 12.8 Å². The highest BCUT2D eigenvalue weighted by atomic mass is 19.4. The van der Waals surface area contributed by atoms with Crippen LogP contribution in [0.3, 0.4) is 0 Å². The van der Waals surface area contributed by atoms with Crippen molar-refractivity contribution in [3.8, 4) is 5.75 Å². The lowest BCUT2D eigenvalue weighted by molar-refractivity contribution is -0.137. The normalized spacial score (nSPS) is 12.6. The van der Waals surface area contributed by atoms with Gasteiger partial charge >= 0.3 is 18.1 Å². The maximum Gasteiger partial charge on any atom is 0.389 e. The van der Waals surface area contributed by atoms with Crippen LogP contribution < -0.4 is 4.74 Å². The van der Waals surface area contributed by atoms with E-state index < -0.39 is 24.5 Å². The van der Waals surface area contributed by atoms with Gasteiger partial charge in [0.15, 0.2) is 0 Å². The van der Waals surface area contributed by atoms with Crippen LogP contribution in [0, 0.1) is 5.92 Å². The number of rotatable bonds is 13. The summed E-state index contributed by atoms with van der Waals surface area (Å²) in [6, 6.07) is 5.86. The van der Waals surface area contributed by atoms with Gasteiger partial charge in [-0.25, -0.2) is 4.79 Å². The number of carboxylic acid groups (broad SMARTS) is 1. The van der Waals surface area contributed by atoms with E-state index in [0.717, 1.165) is 32.1 Å². The molecule has 1 rings (SSSR count). The standard InChI is InChI=1S/C21H29F3O4/c1-2-3-4-5-9-16(10-8-15-21(22,23)24)13-14-19(25)28-18-12-7-6-11-17(18)20(26)27/h6-7,11-12,16H,2-5,8-10,13-15H2,1H3,(H,26,27). The fourth-order valence-electron chi connectivity index (χ4n) is 3.11. The molecule has 7 heteroatoms. The van der Waals surface area contributed by atoms with E-state index in [2.05, 4.69) is 6.92 Å². The monoisotopic (exact) mass is 402 g/mol. The SMILES string of the molecule is CCCCCCC(CCCC(F)(F)F)CCC(=O)Oc1ccccc1C(=O)O. The number of carboxylic acids is 1. The second-order valence-electron chi connectivity index (χ2n) is 7.04. The Balaban J connectivity index is 2.54. The summed E-state index contributed by atoms with van der Waals surface area (Å²) in [5.41, 5.74) is -0.0999. The smallest absolute Gasteiger partial charge is 0.389 e. The summed E-state index contributed by atoms with van der Waals surface area (Å²) in [6.07, 6.45) is 0.916. The number of unbranched alkanes of at least 4 members (excludes halogenated alkanes) is 3. The van der Waals surface area contributed by atoms with Crippen LogP contribution in [-0.2, 0) is 4.79 Å². The Morgan fingerprint density at radius 1 is 1.04 bits per heavy atom. The van der Waals surface area contributed by atoms with Crippen molar-refractivity contribution < 1.29 is 32.6 Å². The quantitative estimate of drug-likeness (QED) is 0.236. The van der Waals surface area contributed by atoms with E-state index in [4.69, 9.17) is 9.84 Å². The zero-order valence-corrected chi connectivity index (χ0v) is 16.3. The Bertz CT molecular complexity index is 614. The Kier molecular flexibility index (Phi) is 10.6. The molecular formula is C21H29F3O4. The predicted octanol–water partition coefficient (Wildman–Crippen LogP) is 6.39. The van der Waals surface area contributed by atoms with Crippen LogP contribution in [0.5, 0.6) is 5.75 Å². The van der Waals surface area contributed by atoms with Crippen LogP contribution in [-0.4, -0.2) is 23.2 Å². The zero-order valence-electron chi connectivity index (χ0n) is 16.3. The number of hydrogen-bond acceptors (Lipinski definition) is 3. The van der Waals surface area contributed by atoms with Crippen LogP contribution >= 0.6 is 0 Å². The van der Waals surface area contributed by atoms with Crippen molar-refractivity contribution in [1.29, 1.82) is 0 Å². The van der Waals surface area contributed by atoms with Gasteiger partial charge in [-0.15, -0.1) is 0 Å². The summed E-state index contributed by atoms with van der Waals surface area (Å²) in [6.45, 7) is 2.09. The predicted molar refractivity (Wildman–Crippen MR) is 100 cm³/mol. The summed E-state index contributed by atoms with van der Waals surface area (Å²) in [7, 11) is 0. The molecule has 0 aromatic heterocycles. The van der Waals surface area contributed by atoms with Crippen molar-refractivity contribution in [3.05, 3.63) is 29.8 Å². The van der Waals surface area contributed by atoms with E-state index in [1.807, 2.05) is 0 Å². The zero-order chi connectivity index (χ0) is 21.0. The van der Waals surface area contributed by atoms with Gasteiger partial charge in [-0.2, -0.15) is 13.2 Å². The number of esters is 1. The van der Waals surface area contributed by atoms with E-state index in [-0.39, 0.29) is 30.1 Å². The Hall–Kier alpha value is -2.05. The third-order valence-electron chi connectivity index (χ3n) is 4.64. The Morgan fingerprint density at radius 2 is 1.71 bits per heavy atom. The second-order valence-corrected chi connectivity index (χ2v) is 7.04. The summed E-state index contributed by atoms with van der Waals surface area (Å²) < 4.78 is 42.3. The summed E-state index contributed by atoms with van der Waals surface area (Å²) in [5, 5.41) is 9.12. The van der Waals surface area contributed by atoms with Crippen LogP contribution in [0.2, 0.25) is 0 Å². The first-order chi connectivity index (χ1) is 13.2. The molecule has 1 aromatic carbocycles. The molecular weight excluding hydrogens is 373 g/mol. The fraction of sp³-hybridized carbons (Fsp3) is 0.619. The van der Waals surface area contributed by atoms with Crippen LogP contribution in [0.4, 0.5) is 13.2 Å². The number of para-hydroxylation sites is 1. The molecule has 0 radical (unpaired) electrons. The van der Waals surface area contributed by atoms with Crippen LogP contribution in [0.25, 0.3) is 0 Å². The van der Waals surface area contributed by atoms with Crippen LogP contribution in [0.15, 0.2) is 24.3 Å². The lowest BCUT2D eigenvalue weighted by atomic mass is 9.91. The topological polar surface area (TPSA) is 63.6 Å². The fourth-order valence-corrected chi connectivity index (χ4v) is 3.11. The molecule has 1 atom stereocenters. The maximum atomic E-state index is 12.4. The number of carbonyl (C=O) groups is 2. The molecule has 1 unspecified atom stereocenters. The molecule has 28 heavy (non-hydrogen) atoms. The van der Waals surface area contributed by atoms with Crippen molar-refractivity contribution in [2.75, 3.05) is 0 Å². The Labute approximate surface area is 164 Å². The third kappa shape index (κ3) is 10.3. The van der Waals surface area contributed by atoms with Gasteiger partial charge in [0.05, 0.1) is 0 Å². The number of carbonyl (C=O) groups excluding carboxylic acids is 1. The minimum absolute atomic E-state index is 0.0171. The first-order valence-corrected chi connectivity index (χ1v) is 9.82. The third-order valence-corrected chi connectivity index (χ3v) is 4.64. The molecule has 1 aromatic rings. The molecule has 0 aliphatic rings. The number of alkyl halides is 3. The van der Waals surface area contributed by atoms with E-state index in [1.165, 1.54) is 18.2 Å². The van der Waals surface area contributed by atoms with Crippen molar-refractivity contribution in [3.63, 3.8) is 0 Å². The number of aromatic carboxylic acids is 1. The number of benzene rings is 1. The molecule has 0 saturated carbocycles. The van der Waals surface area contributed by atoms with E-state index >= 15 is 0 Å². The molecule has 0 fully saturated rings. The molecule has 158 valence electrons. The van der Waals surface area contributed by atoms with Gasteiger partial charge in [-0.3, -0.25) is 4.79 Å². The first kappa shape index (κ1) is 24.0. The van der Waals surface area contributed by atoms with Gasteiger partial charge in [0.25, 0.3) is 0 Å². The Morgan fingerprint density at radius 3 is 2.36 bits per heavy atom. The van der Waals surface area contributed by atoms with Crippen molar-refractivity contribution >= 4 is 11.9 Å². The highest BCUT2D eigenvalue weighted by Crippen LogP contribution is 2.28. The average Bonchev–Trinajstić information content (AvgIpc) is 2.62. The average molecular weight is 402 g/mol. The first-order valence-electron chi connectivity index (χ1n) is 9.82. The molecule has 0 bridgehead atoms. The lowest BCUT2D eigenvalue weighted by Gasteiger charge is -2.17. The molecule has 1 N–H and O–H groups in total. The van der Waals surface area contributed by atoms with Gasteiger partial charge in [-0.05, 0) is 30.9 Å². The summed E-state index contributed by atoms with van der Waals surface area (Å²) in [4.78, 5) is 23.3. The van der Waals surface area contributed by atoms with Gasteiger partial charge in [-0.1, -0.05) is 57.6 Å². The van der Waals surface area contributed by atoms with Gasteiger partial charge in [0.2, 0.25) is 0 Å². The van der Waals surface area contributed by atoms with Crippen molar-refractivity contribution in [2.45, 2.75) is 77.3 Å². The molecule has 0 aliphatic carbocycles. The lowest BCUT2D eigenvalue weighted by Crippen LogP contribution is -2.14. The summed E-state index contributed by atoms with van der Waals surface area (Å²) >= 11 is 0. The van der Waals surface area contributed by atoms with Crippen molar-refractivity contribution in [1.82, 2.24) is 0 Å².